The molecule has 0 aromatic rings. The van der Waals surface area contributed by atoms with Gasteiger partial charge in [0.2, 0.25) is 0 Å². The maximum absolute atomic E-state index is 9.49. The van der Waals surface area contributed by atoms with Crippen molar-refractivity contribution in [2.75, 3.05) is 0 Å². The van der Waals surface area contributed by atoms with E-state index >= 15 is 0 Å². The van der Waals surface area contributed by atoms with Crippen molar-refractivity contribution < 1.29 is 5.11 Å². The number of rotatable bonds is 4. The van der Waals surface area contributed by atoms with E-state index in [0.29, 0.717) is 11.8 Å². The van der Waals surface area contributed by atoms with E-state index in [0.717, 1.165) is 12.8 Å². The van der Waals surface area contributed by atoms with E-state index in [2.05, 4.69) is 20.8 Å². The third-order valence-corrected chi connectivity index (χ3v) is 2.24. The fourth-order valence-electron chi connectivity index (χ4n) is 1.49. The van der Waals surface area contributed by atoms with Crippen molar-refractivity contribution >= 4 is 0 Å². The average molecular weight is 144 g/mol. The molecule has 0 spiro atoms. The van der Waals surface area contributed by atoms with Crippen LogP contribution in [-0.4, -0.2) is 11.2 Å². The molecule has 1 N–H and O–H groups in total. The van der Waals surface area contributed by atoms with Gasteiger partial charge in [-0.25, -0.2) is 0 Å². The van der Waals surface area contributed by atoms with E-state index in [4.69, 9.17) is 0 Å². The molecular weight excluding hydrogens is 124 g/mol. The normalized spacial score (nSPS) is 17.4. The molecule has 0 amide bonds. The van der Waals surface area contributed by atoms with Crippen LogP contribution < -0.4 is 0 Å². The summed E-state index contributed by atoms with van der Waals surface area (Å²) in [6, 6.07) is 0. The van der Waals surface area contributed by atoms with E-state index in [1.54, 1.807) is 0 Å². The van der Waals surface area contributed by atoms with Gasteiger partial charge >= 0.3 is 0 Å². The minimum absolute atomic E-state index is 0.0926. The molecule has 0 bridgehead atoms. The molecule has 0 fully saturated rings. The molecule has 0 unspecified atom stereocenters. The Hall–Kier alpha value is -0.0400. The molecule has 0 aliphatic heterocycles. The first-order valence-corrected chi connectivity index (χ1v) is 4.31. The van der Waals surface area contributed by atoms with E-state index in [1.807, 2.05) is 6.92 Å². The van der Waals surface area contributed by atoms with Crippen molar-refractivity contribution in [3.8, 4) is 0 Å². The number of aliphatic hydroxyl groups excluding tert-OH is 1. The van der Waals surface area contributed by atoms with Crippen molar-refractivity contribution in [2.45, 2.75) is 46.6 Å². The third kappa shape index (κ3) is 2.70. The van der Waals surface area contributed by atoms with Crippen LogP contribution in [0.25, 0.3) is 0 Å². The molecule has 0 aromatic carbocycles. The summed E-state index contributed by atoms with van der Waals surface area (Å²) in [4.78, 5) is 0. The Morgan fingerprint density at radius 2 is 1.60 bits per heavy atom. The van der Waals surface area contributed by atoms with Gasteiger partial charge in [-0.05, 0) is 18.3 Å². The first kappa shape index (κ1) is 9.96. The van der Waals surface area contributed by atoms with Crippen LogP contribution in [0.4, 0.5) is 0 Å². The number of hydrogen-bond acceptors (Lipinski definition) is 1. The molecule has 62 valence electrons. The van der Waals surface area contributed by atoms with E-state index < -0.39 is 0 Å². The summed E-state index contributed by atoms with van der Waals surface area (Å²) in [5.41, 5.74) is 0. The summed E-state index contributed by atoms with van der Waals surface area (Å²) in [7, 11) is 0. The van der Waals surface area contributed by atoms with Crippen molar-refractivity contribution in [1.29, 1.82) is 0 Å². The highest BCUT2D eigenvalue weighted by atomic mass is 16.3. The molecular formula is C9H20O. The first-order valence-electron chi connectivity index (χ1n) is 4.31. The molecule has 1 nitrogen and oxygen atoms in total. The predicted octanol–water partition coefficient (Wildman–Crippen LogP) is 2.44. The zero-order valence-electron chi connectivity index (χ0n) is 7.59. The average Bonchev–Trinajstić information content (AvgIpc) is 1.88. The highest BCUT2D eigenvalue weighted by molar-refractivity contribution is 4.68. The third-order valence-electron chi connectivity index (χ3n) is 2.24. The van der Waals surface area contributed by atoms with Crippen LogP contribution in [0.15, 0.2) is 0 Å². The van der Waals surface area contributed by atoms with Crippen LogP contribution in [-0.2, 0) is 0 Å². The van der Waals surface area contributed by atoms with Crippen molar-refractivity contribution in [1.82, 2.24) is 0 Å². The van der Waals surface area contributed by atoms with Crippen LogP contribution in [0.1, 0.15) is 40.5 Å². The van der Waals surface area contributed by atoms with Gasteiger partial charge in [-0.15, -0.1) is 0 Å². The zero-order chi connectivity index (χ0) is 8.15. The Kier molecular flexibility index (Phi) is 4.71. The Bertz CT molecular complexity index is 78.8. The maximum Gasteiger partial charge on any atom is 0.0568 e. The van der Waals surface area contributed by atoms with Gasteiger partial charge in [-0.3, -0.25) is 0 Å². The topological polar surface area (TPSA) is 20.2 Å². The summed E-state index contributed by atoms with van der Waals surface area (Å²) >= 11 is 0. The Balaban J connectivity index is 3.80. The summed E-state index contributed by atoms with van der Waals surface area (Å²) in [6.45, 7) is 8.53. The van der Waals surface area contributed by atoms with E-state index in [1.165, 1.54) is 0 Å². The second kappa shape index (κ2) is 4.73. The van der Waals surface area contributed by atoms with Crippen molar-refractivity contribution in [3.05, 3.63) is 0 Å². The molecule has 10 heavy (non-hydrogen) atoms. The summed E-state index contributed by atoms with van der Waals surface area (Å²) in [5, 5.41) is 9.49. The first-order chi connectivity index (χ1) is 4.63. The van der Waals surface area contributed by atoms with Gasteiger partial charge in [0.1, 0.15) is 0 Å². The highest BCUT2D eigenvalue weighted by Gasteiger charge is 2.18. The predicted molar refractivity (Wildman–Crippen MR) is 44.9 cm³/mol. The van der Waals surface area contributed by atoms with Crippen molar-refractivity contribution in [3.63, 3.8) is 0 Å². The second-order valence-corrected chi connectivity index (χ2v) is 3.29. The van der Waals surface area contributed by atoms with Crippen LogP contribution in [0.5, 0.6) is 0 Å². The van der Waals surface area contributed by atoms with Gasteiger partial charge < -0.3 is 5.11 Å². The molecule has 0 aromatic heterocycles. The minimum atomic E-state index is -0.0926. The Morgan fingerprint density at radius 1 is 1.10 bits per heavy atom. The standard InChI is InChI=1S/C9H20O/c1-5-8(7(3)4)9(10)6-2/h7-10H,5-6H2,1-4H3/t8-,9-/m1/s1. The van der Waals surface area contributed by atoms with Gasteiger partial charge in [-0.1, -0.05) is 34.1 Å². The molecule has 0 radical (unpaired) electrons. The molecule has 1 heteroatoms. The number of hydrogen-bond donors (Lipinski definition) is 1. The fraction of sp³-hybridized carbons (Fsp3) is 1.00. The van der Waals surface area contributed by atoms with Gasteiger partial charge in [-0.2, -0.15) is 0 Å². The lowest BCUT2D eigenvalue weighted by Gasteiger charge is -2.23. The van der Waals surface area contributed by atoms with Crippen LogP contribution in [0.2, 0.25) is 0 Å². The van der Waals surface area contributed by atoms with Gasteiger partial charge in [0.15, 0.2) is 0 Å². The summed E-state index contributed by atoms with van der Waals surface area (Å²) < 4.78 is 0. The Morgan fingerprint density at radius 3 is 1.70 bits per heavy atom. The molecule has 0 aliphatic carbocycles. The van der Waals surface area contributed by atoms with E-state index in [9.17, 15) is 5.11 Å². The largest absolute Gasteiger partial charge is 0.393 e. The van der Waals surface area contributed by atoms with Gasteiger partial charge in [0, 0.05) is 0 Å². The lowest BCUT2D eigenvalue weighted by molar-refractivity contribution is 0.0757. The van der Waals surface area contributed by atoms with E-state index in [-0.39, 0.29) is 6.10 Å². The highest BCUT2D eigenvalue weighted by Crippen LogP contribution is 2.20. The molecule has 0 heterocycles. The summed E-state index contributed by atoms with van der Waals surface area (Å²) in [6.07, 6.45) is 1.88. The minimum Gasteiger partial charge on any atom is -0.393 e. The van der Waals surface area contributed by atoms with Gasteiger partial charge in [0.05, 0.1) is 6.10 Å². The number of aliphatic hydroxyl groups is 1. The van der Waals surface area contributed by atoms with Crippen LogP contribution >= 0.6 is 0 Å². The van der Waals surface area contributed by atoms with Crippen LogP contribution in [0.3, 0.4) is 0 Å². The molecule has 0 saturated carbocycles. The van der Waals surface area contributed by atoms with Crippen molar-refractivity contribution in [2.24, 2.45) is 11.8 Å². The monoisotopic (exact) mass is 144 g/mol. The van der Waals surface area contributed by atoms with Gasteiger partial charge in [0.25, 0.3) is 0 Å². The molecule has 0 saturated heterocycles. The van der Waals surface area contributed by atoms with Crippen LogP contribution in [0, 0.1) is 11.8 Å². The Labute approximate surface area is 64.5 Å². The molecule has 0 rings (SSSR count). The second-order valence-electron chi connectivity index (χ2n) is 3.29. The quantitative estimate of drug-likeness (QED) is 0.642. The smallest absolute Gasteiger partial charge is 0.0568 e. The fourth-order valence-corrected chi connectivity index (χ4v) is 1.49. The maximum atomic E-state index is 9.49. The lowest BCUT2D eigenvalue weighted by Crippen LogP contribution is -2.23. The lowest BCUT2D eigenvalue weighted by atomic mass is 9.87. The molecule has 2 atom stereocenters. The summed E-state index contributed by atoms with van der Waals surface area (Å²) in [5.74, 6) is 1.10. The SMILES string of the molecule is CC[C@@H](O)[C@H](CC)C(C)C. The zero-order valence-corrected chi connectivity index (χ0v) is 7.59. The molecule has 0 aliphatic rings.